The predicted octanol–water partition coefficient (Wildman–Crippen LogP) is 3.65. The second-order valence-electron chi connectivity index (χ2n) is 5.12. The molecule has 0 aliphatic rings. The third-order valence-electron chi connectivity index (χ3n) is 2.77. The molecule has 0 aliphatic carbocycles. The van der Waals surface area contributed by atoms with Crippen LogP contribution < -0.4 is 10.0 Å². The van der Waals surface area contributed by atoms with E-state index in [4.69, 9.17) is 0 Å². The summed E-state index contributed by atoms with van der Waals surface area (Å²) in [6.45, 7) is 8.02. The lowest BCUT2D eigenvalue weighted by Gasteiger charge is -2.18. The van der Waals surface area contributed by atoms with Gasteiger partial charge in [-0.05, 0) is 63.4 Å². The average Bonchev–Trinajstić information content (AvgIpc) is 2.30. The van der Waals surface area contributed by atoms with E-state index in [2.05, 4.69) is 41.9 Å². The molecule has 0 fully saturated rings. The summed E-state index contributed by atoms with van der Waals surface area (Å²) in [5.41, 5.74) is 1.58. The van der Waals surface area contributed by atoms with Gasteiger partial charge in [0, 0.05) is 21.5 Å². The Kier molecular flexibility index (Phi) is 6.50. The van der Waals surface area contributed by atoms with Gasteiger partial charge >= 0.3 is 0 Å². The Hall–Kier alpha value is -0.110. The number of benzene rings is 1. The molecule has 1 atom stereocenters. The minimum atomic E-state index is -3.44. The van der Waals surface area contributed by atoms with Crippen LogP contribution in [0, 0.1) is 6.92 Å². The number of hydrogen-bond donors (Lipinski definition) is 2. The molecule has 0 aliphatic heterocycles. The van der Waals surface area contributed by atoms with E-state index >= 15 is 0 Å². The summed E-state index contributed by atoms with van der Waals surface area (Å²) in [6, 6.07) is 4.00. The van der Waals surface area contributed by atoms with Gasteiger partial charge < -0.3 is 5.32 Å². The van der Waals surface area contributed by atoms with Crippen LogP contribution >= 0.6 is 31.9 Å². The largest absolute Gasteiger partial charge is 0.313 e. The summed E-state index contributed by atoms with van der Waals surface area (Å²) in [4.78, 5) is 0. The lowest BCUT2D eigenvalue weighted by molar-refractivity contribution is 0.553. The van der Waals surface area contributed by atoms with Crippen LogP contribution in [-0.2, 0) is 10.0 Å². The third-order valence-corrected chi connectivity index (χ3v) is 5.74. The zero-order chi connectivity index (χ0) is 15.5. The quantitative estimate of drug-likeness (QED) is 0.728. The molecular formula is C13H20Br2N2O2S. The van der Waals surface area contributed by atoms with E-state index in [1.807, 2.05) is 32.9 Å². The number of rotatable bonds is 6. The topological polar surface area (TPSA) is 58.2 Å². The lowest BCUT2D eigenvalue weighted by atomic mass is 10.2. The molecule has 0 bridgehead atoms. The molecule has 0 heterocycles. The van der Waals surface area contributed by atoms with E-state index in [0.717, 1.165) is 14.5 Å². The van der Waals surface area contributed by atoms with Gasteiger partial charge in [-0.15, -0.1) is 0 Å². The maximum Gasteiger partial charge on any atom is 0.236 e. The van der Waals surface area contributed by atoms with Gasteiger partial charge in [-0.2, -0.15) is 0 Å². The number of nitrogens with one attached hydrogen (secondary N) is 2. The van der Waals surface area contributed by atoms with Gasteiger partial charge in [0.25, 0.3) is 0 Å². The van der Waals surface area contributed by atoms with Crippen molar-refractivity contribution < 1.29 is 8.42 Å². The second kappa shape index (κ2) is 7.24. The van der Waals surface area contributed by atoms with Gasteiger partial charge in [0.05, 0.1) is 10.9 Å². The van der Waals surface area contributed by atoms with Crippen molar-refractivity contribution in [1.82, 2.24) is 5.32 Å². The molecule has 1 rings (SSSR count). The van der Waals surface area contributed by atoms with Gasteiger partial charge in [0.2, 0.25) is 10.0 Å². The smallest absolute Gasteiger partial charge is 0.236 e. The number of hydrogen-bond acceptors (Lipinski definition) is 3. The Labute approximate surface area is 138 Å². The molecule has 1 aromatic rings. The van der Waals surface area contributed by atoms with Crippen molar-refractivity contribution in [3.63, 3.8) is 0 Å². The summed E-state index contributed by atoms with van der Waals surface area (Å²) in [6.07, 6.45) is 0. The fraction of sp³-hybridized carbons (Fsp3) is 0.538. The zero-order valence-electron chi connectivity index (χ0n) is 12.0. The number of aryl methyl sites for hydroxylation is 1. The summed E-state index contributed by atoms with van der Waals surface area (Å²) in [5.74, 6) is 0. The number of sulfonamides is 1. The molecule has 0 radical (unpaired) electrons. The van der Waals surface area contributed by atoms with Crippen molar-refractivity contribution in [2.75, 3.05) is 11.3 Å². The van der Waals surface area contributed by atoms with E-state index in [-0.39, 0.29) is 6.04 Å². The molecule has 1 aromatic carbocycles. The van der Waals surface area contributed by atoms with Gasteiger partial charge in [-0.3, -0.25) is 4.72 Å². The van der Waals surface area contributed by atoms with Crippen LogP contribution in [0.2, 0.25) is 0 Å². The molecule has 0 spiro atoms. The monoisotopic (exact) mass is 426 g/mol. The Bertz CT molecular complexity index is 551. The number of halogens is 2. The fourth-order valence-corrected chi connectivity index (χ4v) is 4.45. The van der Waals surface area contributed by atoms with E-state index in [9.17, 15) is 8.42 Å². The summed E-state index contributed by atoms with van der Waals surface area (Å²) < 4.78 is 28.7. The zero-order valence-corrected chi connectivity index (χ0v) is 16.0. The van der Waals surface area contributed by atoms with Crippen molar-refractivity contribution in [3.8, 4) is 0 Å². The highest BCUT2D eigenvalue weighted by Gasteiger charge is 2.22. The highest BCUT2D eigenvalue weighted by Crippen LogP contribution is 2.33. The van der Waals surface area contributed by atoms with Crippen LogP contribution in [0.5, 0.6) is 0 Å². The standard InChI is InChI=1S/C13H20Br2N2O2S/c1-8(2)16-7-10(4)20(18,19)17-13-11(14)5-9(3)6-12(13)15/h5-6,8,10,16-17H,7H2,1-4H3. The normalized spacial score (nSPS) is 13.6. The van der Waals surface area contributed by atoms with Crippen LogP contribution in [0.1, 0.15) is 26.3 Å². The van der Waals surface area contributed by atoms with Crippen molar-refractivity contribution in [2.24, 2.45) is 0 Å². The highest BCUT2D eigenvalue weighted by atomic mass is 79.9. The van der Waals surface area contributed by atoms with Gasteiger partial charge in [0.1, 0.15) is 0 Å². The molecule has 0 saturated carbocycles. The van der Waals surface area contributed by atoms with E-state index in [1.54, 1.807) is 6.92 Å². The van der Waals surface area contributed by atoms with E-state index < -0.39 is 15.3 Å². The van der Waals surface area contributed by atoms with Crippen LogP contribution in [0.4, 0.5) is 5.69 Å². The molecule has 2 N–H and O–H groups in total. The van der Waals surface area contributed by atoms with E-state index in [0.29, 0.717) is 12.2 Å². The van der Waals surface area contributed by atoms with Gasteiger partial charge in [-0.25, -0.2) is 8.42 Å². The molecule has 1 unspecified atom stereocenters. The molecule has 20 heavy (non-hydrogen) atoms. The van der Waals surface area contributed by atoms with Crippen molar-refractivity contribution in [1.29, 1.82) is 0 Å². The Balaban J connectivity index is 2.91. The molecule has 0 saturated heterocycles. The molecule has 7 heteroatoms. The van der Waals surface area contributed by atoms with E-state index in [1.165, 1.54) is 0 Å². The Morgan fingerprint density at radius 3 is 2.10 bits per heavy atom. The number of anilines is 1. The minimum absolute atomic E-state index is 0.255. The Morgan fingerprint density at radius 2 is 1.65 bits per heavy atom. The van der Waals surface area contributed by atoms with Crippen molar-refractivity contribution in [2.45, 2.75) is 39.0 Å². The molecular weight excluding hydrogens is 408 g/mol. The first-order chi connectivity index (χ1) is 9.13. The summed E-state index contributed by atoms with van der Waals surface area (Å²) in [5, 5.41) is 2.61. The fourth-order valence-electron chi connectivity index (χ4n) is 1.55. The van der Waals surface area contributed by atoms with Crippen LogP contribution in [0.15, 0.2) is 21.1 Å². The lowest BCUT2D eigenvalue weighted by Crippen LogP contribution is -2.37. The SMILES string of the molecule is Cc1cc(Br)c(NS(=O)(=O)C(C)CNC(C)C)c(Br)c1. The van der Waals surface area contributed by atoms with Crippen molar-refractivity contribution in [3.05, 3.63) is 26.6 Å². The van der Waals surface area contributed by atoms with Gasteiger partial charge in [-0.1, -0.05) is 13.8 Å². The predicted molar refractivity (Wildman–Crippen MR) is 91.7 cm³/mol. The minimum Gasteiger partial charge on any atom is -0.313 e. The van der Waals surface area contributed by atoms with Crippen LogP contribution in [-0.4, -0.2) is 26.3 Å². The third kappa shape index (κ3) is 5.02. The molecule has 0 amide bonds. The maximum atomic E-state index is 12.3. The summed E-state index contributed by atoms with van der Waals surface area (Å²) in [7, 11) is -3.44. The second-order valence-corrected chi connectivity index (χ2v) is 8.93. The van der Waals surface area contributed by atoms with Crippen LogP contribution in [0.25, 0.3) is 0 Å². The molecule has 114 valence electrons. The first-order valence-electron chi connectivity index (χ1n) is 6.34. The first kappa shape index (κ1) is 17.9. The van der Waals surface area contributed by atoms with Gasteiger partial charge in [0.15, 0.2) is 0 Å². The average molecular weight is 428 g/mol. The van der Waals surface area contributed by atoms with Crippen LogP contribution in [0.3, 0.4) is 0 Å². The van der Waals surface area contributed by atoms with Crippen molar-refractivity contribution >= 4 is 47.6 Å². The molecule has 0 aromatic heterocycles. The summed E-state index contributed by atoms with van der Waals surface area (Å²) >= 11 is 6.78. The molecule has 4 nitrogen and oxygen atoms in total. The first-order valence-corrected chi connectivity index (χ1v) is 9.47. The maximum absolute atomic E-state index is 12.3. The Morgan fingerprint density at radius 1 is 1.15 bits per heavy atom. The highest BCUT2D eigenvalue weighted by molar-refractivity contribution is 9.11.